The van der Waals surface area contributed by atoms with Crippen LogP contribution in [0.5, 0.6) is 0 Å². The number of anilines is 1. The largest absolute Gasteiger partial charge is 0.478 e. The van der Waals surface area contributed by atoms with Crippen molar-refractivity contribution in [1.82, 2.24) is 9.55 Å². The number of nitrogens with one attached hydrogen (secondary N) is 1. The van der Waals surface area contributed by atoms with Gasteiger partial charge in [0.25, 0.3) is 10.0 Å². The molecule has 0 aliphatic heterocycles. The Kier molecular flexibility index (Phi) is 4.19. The molecule has 0 saturated carbocycles. The van der Waals surface area contributed by atoms with Gasteiger partial charge in [-0.15, -0.1) is 0 Å². The Morgan fingerprint density at radius 1 is 1.48 bits per heavy atom. The zero-order valence-corrected chi connectivity index (χ0v) is 12.5. The van der Waals surface area contributed by atoms with Crippen LogP contribution in [0.4, 0.5) is 5.69 Å². The van der Waals surface area contributed by atoms with Crippen molar-refractivity contribution in [1.29, 1.82) is 0 Å². The third kappa shape index (κ3) is 3.17. The summed E-state index contributed by atoms with van der Waals surface area (Å²) in [5, 5.41) is 8.87. The van der Waals surface area contributed by atoms with Crippen LogP contribution in [0.3, 0.4) is 0 Å². The number of nitrogens with zero attached hydrogens (tertiary/aromatic N) is 2. The molecule has 2 N–H and O–H groups in total. The number of aromatic carboxylic acids is 1. The van der Waals surface area contributed by atoms with Crippen molar-refractivity contribution in [3.05, 3.63) is 41.3 Å². The minimum atomic E-state index is -3.98. The molecule has 21 heavy (non-hydrogen) atoms. The van der Waals surface area contributed by atoms with Gasteiger partial charge in [-0.1, -0.05) is 17.7 Å². The predicted octanol–water partition coefficient (Wildman–Crippen LogP) is 2.06. The van der Waals surface area contributed by atoms with Crippen LogP contribution >= 0.6 is 11.6 Å². The Bertz CT molecular complexity index is 786. The Balaban J connectivity index is 2.42. The summed E-state index contributed by atoms with van der Waals surface area (Å²) < 4.78 is 28.2. The summed E-state index contributed by atoms with van der Waals surface area (Å²) in [6.45, 7) is 2.41. The predicted molar refractivity (Wildman–Crippen MR) is 77.1 cm³/mol. The summed E-state index contributed by atoms with van der Waals surface area (Å²) >= 11 is 5.79. The second kappa shape index (κ2) is 5.74. The molecule has 0 aliphatic rings. The first-order valence-corrected chi connectivity index (χ1v) is 7.77. The summed E-state index contributed by atoms with van der Waals surface area (Å²) in [5.41, 5.74) is -0.418. The van der Waals surface area contributed by atoms with E-state index in [-0.39, 0.29) is 21.3 Å². The van der Waals surface area contributed by atoms with E-state index in [1.165, 1.54) is 30.7 Å². The van der Waals surface area contributed by atoms with E-state index < -0.39 is 16.0 Å². The minimum absolute atomic E-state index is 0.0539. The first-order valence-electron chi connectivity index (χ1n) is 5.91. The monoisotopic (exact) mass is 329 g/mol. The Labute approximate surface area is 126 Å². The number of aromatic nitrogens is 2. The van der Waals surface area contributed by atoms with Gasteiger partial charge in [0.2, 0.25) is 0 Å². The van der Waals surface area contributed by atoms with Crippen LogP contribution in [0, 0.1) is 0 Å². The summed E-state index contributed by atoms with van der Waals surface area (Å²) in [6, 6.07) is 4.15. The standard InChI is InChI=1S/C12H12ClN3O4S/c1-2-16-6-10(14-7-16)21(19,20)15-9-5-3-4-8(13)11(9)12(17)18/h3-7,15H,2H2,1H3,(H,17,18). The molecule has 1 aromatic carbocycles. The topological polar surface area (TPSA) is 101 Å². The summed E-state index contributed by atoms with van der Waals surface area (Å²) in [5.74, 6) is -1.32. The van der Waals surface area contributed by atoms with Gasteiger partial charge in [0, 0.05) is 12.7 Å². The SMILES string of the molecule is CCn1cnc(S(=O)(=O)Nc2cccc(Cl)c2C(=O)O)c1. The zero-order chi connectivity index (χ0) is 15.6. The molecule has 1 heterocycles. The lowest BCUT2D eigenvalue weighted by Crippen LogP contribution is -2.16. The molecular weight excluding hydrogens is 318 g/mol. The molecule has 0 amide bonds. The molecule has 2 aromatic rings. The first kappa shape index (κ1) is 15.3. The van der Waals surface area contributed by atoms with Crippen LogP contribution in [0.2, 0.25) is 5.02 Å². The maximum Gasteiger partial charge on any atom is 0.339 e. The van der Waals surface area contributed by atoms with Gasteiger partial charge in [0.1, 0.15) is 5.56 Å². The van der Waals surface area contributed by atoms with Crippen LogP contribution in [0.25, 0.3) is 0 Å². The van der Waals surface area contributed by atoms with Gasteiger partial charge in [-0.2, -0.15) is 8.42 Å². The highest BCUT2D eigenvalue weighted by atomic mass is 35.5. The summed E-state index contributed by atoms with van der Waals surface area (Å²) in [7, 11) is -3.98. The Morgan fingerprint density at radius 3 is 2.76 bits per heavy atom. The van der Waals surface area contributed by atoms with Crippen LogP contribution < -0.4 is 4.72 Å². The third-order valence-electron chi connectivity index (χ3n) is 2.72. The number of rotatable bonds is 5. The fourth-order valence-corrected chi connectivity index (χ4v) is 2.95. The van der Waals surface area contributed by atoms with Crippen molar-refractivity contribution in [3.63, 3.8) is 0 Å². The zero-order valence-electron chi connectivity index (χ0n) is 10.9. The minimum Gasteiger partial charge on any atom is -0.478 e. The fraction of sp³-hybridized carbons (Fsp3) is 0.167. The Morgan fingerprint density at radius 2 is 2.19 bits per heavy atom. The molecule has 0 aliphatic carbocycles. The summed E-state index contributed by atoms with van der Waals surface area (Å²) in [4.78, 5) is 15.0. The van der Waals surface area contributed by atoms with E-state index in [0.29, 0.717) is 6.54 Å². The van der Waals surface area contributed by atoms with Crippen molar-refractivity contribution in [2.45, 2.75) is 18.5 Å². The molecule has 112 valence electrons. The molecule has 0 radical (unpaired) electrons. The van der Waals surface area contributed by atoms with E-state index in [2.05, 4.69) is 9.71 Å². The third-order valence-corrected chi connectivity index (χ3v) is 4.29. The lowest BCUT2D eigenvalue weighted by Gasteiger charge is -2.10. The van der Waals surface area contributed by atoms with Crippen molar-refractivity contribution in [3.8, 4) is 0 Å². The van der Waals surface area contributed by atoms with E-state index in [4.69, 9.17) is 16.7 Å². The van der Waals surface area contributed by atoms with Gasteiger partial charge >= 0.3 is 5.97 Å². The van der Waals surface area contributed by atoms with Gasteiger partial charge in [-0.25, -0.2) is 9.78 Å². The molecule has 0 saturated heterocycles. The van der Waals surface area contributed by atoms with E-state index in [9.17, 15) is 13.2 Å². The number of carboxylic acids is 1. The lowest BCUT2D eigenvalue weighted by molar-refractivity contribution is 0.0698. The Hall–Kier alpha value is -2.06. The van der Waals surface area contributed by atoms with Gasteiger partial charge in [-0.05, 0) is 19.1 Å². The number of aryl methyl sites for hydroxylation is 1. The number of imidazole rings is 1. The second-order valence-electron chi connectivity index (χ2n) is 4.12. The average Bonchev–Trinajstić information content (AvgIpc) is 2.87. The summed E-state index contributed by atoms with van der Waals surface area (Å²) in [6.07, 6.45) is 2.73. The van der Waals surface area contributed by atoms with Gasteiger partial charge < -0.3 is 9.67 Å². The number of halogens is 1. The van der Waals surface area contributed by atoms with Gasteiger partial charge in [0.05, 0.1) is 17.0 Å². The normalized spacial score (nSPS) is 11.3. The van der Waals surface area contributed by atoms with Crippen molar-refractivity contribution >= 4 is 33.3 Å². The molecule has 9 heteroatoms. The lowest BCUT2D eigenvalue weighted by atomic mass is 10.2. The number of hydrogen-bond donors (Lipinski definition) is 2. The first-order chi connectivity index (χ1) is 9.85. The fourth-order valence-electron chi connectivity index (χ4n) is 1.67. The highest BCUT2D eigenvalue weighted by Crippen LogP contribution is 2.26. The molecule has 0 fully saturated rings. The van der Waals surface area contributed by atoms with E-state index in [1.807, 2.05) is 6.92 Å². The molecule has 7 nitrogen and oxygen atoms in total. The van der Waals surface area contributed by atoms with E-state index >= 15 is 0 Å². The number of benzene rings is 1. The second-order valence-corrected chi connectivity index (χ2v) is 6.15. The molecule has 0 atom stereocenters. The molecule has 0 bridgehead atoms. The number of carbonyl (C=O) groups is 1. The van der Waals surface area contributed by atoms with Crippen LogP contribution in [0.15, 0.2) is 35.7 Å². The van der Waals surface area contributed by atoms with Crippen LogP contribution in [0.1, 0.15) is 17.3 Å². The number of carboxylic acid groups (broad SMARTS) is 1. The molecular formula is C12H12ClN3O4S. The van der Waals surface area contributed by atoms with Gasteiger partial charge in [0.15, 0.2) is 5.03 Å². The number of sulfonamides is 1. The van der Waals surface area contributed by atoms with Crippen LogP contribution in [-0.4, -0.2) is 29.0 Å². The molecule has 1 aromatic heterocycles. The average molecular weight is 330 g/mol. The highest BCUT2D eigenvalue weighted by molar-refractivity contribution is 7.92. The van der Waals surface area contributed by atoms with Gasteiger partial charge in [-0.3, -0.25) is 4.72 Å². The van der Waals surface area contributed by atoms with Crippen molar-refractivity contribution < 1.29 is 18.3 Å². The molecule has 0 unspecified atom stereocenters. The quantitative estimate of drug-likeness (QED) is 0.874. The molecule has 2 rings (SSSR count). The van der Waals surface area contributed by atoms with Crippen molar-refractivity contribution in [2.24, 2.45) is 0 Å². The van der Waals surface area contributed by atoms with E-state index in [1.54, 1.807) is 4.57 Å². The maximum absolute atomic E-state index is 12.2. The smallest absolute Gasteiger partial charge is 0.339 e. The molecule has 0 spiro atoms. The number of hydrogen-bond acceptors (Lipinski definition) is 4. The van der Waals surface area contributed by atoms with Crippen molar-refractivity contribution in [2.75, 3.05) is 4.72 Å². The maximum atomic E-state index is 12.2. The highest BCUT2D eigenvalue weighted by Gasteiger charge is 2.22. The van der Waals surface area contributed by atoms with Crippen LogP contribution in [-0.2, 0) is 16.6 Å². The van der Waals surface area contributed by atoms with E-state index in [0.717, 1.165) is 0 Å².